The zero-order valence-corrected chi connectivity index (χ0v) is 13.0. The highest BCUT2D eigenvalue weighted by Gasteiger charge is 2.24. The fourth-order valence-corrected chi connectivity index (χ4v) is 2.90. The van der Waals surface area contributed by atoms with E-state index in [1.807, 2.05) is 24.3 Å². The van der Waals surface area contributed by atoms with Crippen LogP contribution in [0.4, 0.5) is 0 Å². The van der Waals surface area contributed by atoms with E-state index in [0.717, 1.165) is 31.5 Å². The van der Waals surface area contributed by atoms with Crippen molar-refractivity contribution in [2.75, 3.05) is 20.2 Å². The van der Waals surface area contributed by atoms with Crippen LogP contribution in [0.5, 0.6) is 11.5 Å². The van der Waals surface area contributed by atoms with Crippen LogP contribution in [0.3, 0.4) is 0 Å². The fourth-order valence-electron chi connectivity index (χ4n) is 2.90. The molecule has 2 aliphatic rings. The Morgan fingerprint density at radius 2 is 1.91 bits per heavy atom. The highest BCUT2D eigenvalue weighted by atomic mass is 16.5. The van der Waals surface area contributed by atoms with Gasteiger partial charge in [0.25, 0.3) is 0 Å². The zero-order valence-electron chi connectivity index (χ0n) is 13.0. The predicted molar refractivity (Wildman–Crippen MR) is 85.3 cm³/mol. The third kappa shape index (κ3) is 2.86. The second kappa shape index (κ2) is 6.46. The van der Waals surface area contributed by atoms with Crippen LogP contribution in [0.1, 0.15) is 24.8 Å². The van der Waals surface area contributed by atoms with Crippen molar-refractivity contribution in [3.63, 3.8) is 0 Å². The topological polar surface area (TPSA) is 69.3 Å². The van der Waals surface area contributed by atoms with Crippen molar-refractivity contribution in [3.8, 4) is 23.6 Å². The van der Waals surface area contributed by atoms with E-state index in [4.69, 9.17) is 9.47 Å². The smallest absolute Gasteiger partial charge is 0.196 e. The maximum atomic E-state index is 9.26. The standard InChI is InChI=1S/C18H17N3O2/c1-22-14-5-6-15-16(13(11-19)12-20)10-18(23-17(15)9-14)21-7-3-2-4-8-21/h5-6,9-10H,2-4,7-8H2,1H3. The van der Waals surface area contributed by atoms with E-state index < -0.39 is 0 Å². The zero-order chi connectivity index (χ0) is 16.2. The summed E-state index contributed by atoms with van der Waals surface area (Å²) in [6, 6.07) is 9.38. The summed E-state index contributed by atoms with van der Waals surface area (Å²) in [5, 5.41) is 18.5. The summed E-state index contributed by atoms with van der Waals surface area (Å²) in [5.74, 6) is 1.99. The molecule has 0 bridgehead atoms. The van der Waals surface area contributed by atoms with Gasteiger partial charge in [-0.1, -0.05) is 0 Å². The molecule has 0 N–H and O–H groups in total. The number of hydrogen-bond donors (Lipinski definition) is 0. The minimum Gasteiger partial charge on any atom is -0.497 e. The number of ether oxygens (including phenoxy) is 2. The van der Waals surface area contributed by atoms with Gasteiger partial charge in [-0.3, -0.25) is 0 Å². The molecule has 23 heavy (non-hydrogen) atoms. The Balaban J connectivity index is 2.09. The number of methoxy groups -OCH3 is 1. The molecule has 0 spiro atoms. The maximum absolute atomic E-state index is 9.26. The number of nitrogens with zero attached hydrogens (tertiary/aromatic N) is 3. The van der Waals surface area contributed by atoms with Crippen LogP contribution in [0.25, 0.3) is 5.57 Å². The van der Waals surface area contributed by atoms with Crippen LogP contribution >= 0.6 is 0 Å². The lowest BCUT2D eigenvalue weighted by Crippen LogP contribution is -2.32. The predicted octanol–water partition coefficient (Wildman–Crippen LogP) is 3.22. The fraction of sp³-hybridized carbons (Fsp3) is 0.333. The van der Waals surface area contributed by atoms with E-state index in [1.165, 1.54) is 6.42 Å². The van der Waals surface area contributed by atoms with Crippen LogP contribution in [0, 0.1) is 22.7 Å². The monoisotopic (exact) mass is 307 g/mol. The lowest BCUT2D eigenvalue weighted by molar-refractivity contribution is 0.185. The first-order valence-electron chi connectivity index (χ1n) is 7.64. The molecular weight excluding hydrogens is 290 g/mol. The molecule has 0 atom stereocenters. The van der Waals surface area contributed by atoms with E-state index in [9.17, 15) is 10.5 Å². The Morgan fingerprint density at radius 3 is 2.57 bits per heavy atom. The van der Waals surface area contributed by atoms with Gasteiger partial charge in [-0.05, 0) is 31.4 Å². The number of likely N-dealkylation sites (tertiary alicyclic amines) is 1. The molecule has 0 aromatic heterocycles. The second-order valence-corrected chi connectivity index (χ2v) is 5.51. The average Bonchev–Trinajstić information content (AvgIpc) is 2.62. The van der Waals surface area contributed by atoms with Crippen LogP contribution in [-0.4, -0.2) is 25.1 Å². The average molecular weight is 307 g/mol. The van der Waals surface area contributed by atoms with Gasteiger partial charge in [0.15, 0.2) is 5.88 Å². The van der Waals surface area contributed by atoms with Gasteiger partial charge in [-0.2, -0.15) is 10.5 Å². The summed E-state index contributed by atoms with van der Waals surface area (Å²) in [6.45, 7) is 1.85. The summed E-state index contributed by atoms with van der Waals surface area (Å²) >= 11 is 0. The third-order valence-electron chi connectivity index (χ3n) is 4.12. The van der Waals surface area contributed by atoms with Crippen LogP contribution in [0.15, 0.2) is 35.7 Å². The van der Waals surface area contributed by atoms with Crippen molar-refractivity contribution in [2.24, 2.45) is 0 Å². The van der Waals surface area contributed by atoms with E-state index in [0.29, 0.717) is 23.0 Å². The number of benzene rings is 1. The van der Waals surface area contributed by atoms with Gasteiger partial charge in [0, 0.05) is 36.4 Å². The van der Waals surface area contributed by atoms with E-state index in [1.54, 1.807) is 19.2 Å². The number of nitriles is 2. The Kier molecular flexibility index (Phi) is 4.21. The molecule has 116 valence electrons. The molecule has 0 amide bonds. The molecule has 0 saturated carbocycles. The lowest BCUT2D eigenvalue weighted by atomic mass is 9.97. The largest absolute Gasteiger partial charge is 0.497 e. The molecular formula is C18H17N3O2. The van der Waals surface area contributed by atoms with Crippen LogP contribution in [-0.2, 0) is 0 Å². The summed E-state index contributed by atoms with van der Waals surface area (Å²) in [4.78, 5) is 2.16. The van der Waals surface area contributed by atoms with Gasteiger partial charge in [-0.25, -0.2) is 0 Å². The summed E-state index contributed by atoms with van der Waals surface area (Å²) < 4.78 is 11.3. The van der Waals surface area contributed by atoms with E-state index in [-0.39, 0.29) is 5.57 Å². The number of hydrogen-bond acceptors (Lipinski definition) is 5. The maximum Gasteiger partial charge on any atom is 0.196 e. The van der Waals surface area contributed by atoms with Crippen molar-refractivity contribution >= 4 is 5.57 Å². The second-order valence-electron chi connectivity index (χ2n) is 5.51. The van der Waals surface area contributed by atoms with Gasteiger partial charge in [0.05, 0.1) is 7.11 Å². The lowest BCUT2D eigenvalue weighted by Gasteiger charge is -2.33. The Bertz CT molecular complexity index is 743. The summed E-state index contributed by atoms with van der Waals surface area (Å²) in [6.07, 6.45) is 5.27. The molecule has 1 fully saturated rings. The highest BCUT2D eigenvalue weighted by Crippen LogP contribution is 2.38. The first kappa shape index (κ1) is 15.0. The molecule has 2 heterocycles. The minimum absolute atomic E-state index is 0.0919. The number of piperidine rings is 1. The SMILES string of the molecule is COc1ccc2c(c1)OC(N1CCCCC1)=CC2=C(C#N)C#N. The number of fused-ring (bicyclic) bond motifs is 1. The molecule has 0 radical (unpaired) electrons. The molecule has 1 aromatic carbocycles. The quantitative estimate of drug-likeness (QED) is 0.785. The van der Waals surface area contributed by atoms with Crippen molar-refractivity contribution in [1.29, 1.82) is 10.5 Å². The molecule has 1 aromatic rings. The Labute approximate surface area is 135 Å². The van der Waals surface area contributed by atoms with Crippen LogP contribution in [0.2, 0.25) is 0 Å². The van der Waals surface area contributed by atoms with E-state index in [2.05, 4.69) is 4.90 Å². The number of allylic oxidation sites excluding steroid dienone is 3. The molecule has 1 saturated heterocycles. The van der Waals surface area contributed by atoms with Gasteiger partial charge >= 0.3 is 0 Å². The summed E-state index contributed by atoms with van der Waals surface area (Å²) in [5.41, 5.74) is 1.44. The highest BCUT2D eigenvalue weighted by molar-refractivity contribution is 5.86. The number of rotatable bonds is 2. The van der Waals surface area contributed by atoms with Crippen LogP contribution < -0.4 is 9.47 Å². The van der Waals surface area contributed by atoms with Crippen molar-refractivity contribution in [1.82, 2.24) is 4.90 Å². The van der Waals surface area contributed by atoms with Crippen molar-refractivity contribution < 1.29 is 9.47 Å². The van der Waals surface area contributed by atoms with Gasteiger partial charge in [-0.15, -0.1) is 0 Å². The molecule has 2 aliphatic heterocycles. The van der Waals surface area contributed by atoms with Gasteiger partial charge in [0.1, 0.15) is 29.2 Å². The molecule has 0 unspecified atom stereocenters. The normalized spacial score (nSPS) is 16.4. The molecule has 0 aliphatic carbocycles. The Morgan fingerprint density at radius 1 is 1.17 bits per heavy atom. The van der Waals surface area contributed by atoms with Gasteiger partial charge < -0.3 is 14.4 Å². The first-order valence-corrected chi connectivity index (χ1v) is 7.64. The van der Waals surface area contributed by atoms with Gasteiger partial charge in [0.2, 0.25) is 0 Å². The van der Waals surface area contributed by atoms with Crippen molar-refractivity contribution in [3.05, 3.63) is 41.3 Å². The molecule has 5 heteroatoms. The third-order valence-corrected chi connectivity index (χ3v) is 4.12. The van der Waals surface area contributed by atoms with E-state index >= 15 is 0 Å². The van der Waals surface area contributed by atoms with Crippen molar-refractivity contribution in [2.45, 2.75) is 19.3 Å². The summed E-state index contributed by atoms with van der Waals surface area (Å²) in [7, 11) is 1.60. The minimum atomic E-state index is 0.0919. The Hall–Kier alpha value is -2.92. The molecule has 3 rings (SSSR count). The first-order chi connectivity index (χ1) is 11.3. The molecule has 5 nitrogen and oxygen atoms in total.